The van der Waals surface area contributed by atoms with Crippen LogP contribution in [0.3, 0.4) is 0 Å². The smallest absolute Gasteiger partial charge is 0.239 e. The van der Waals surface area contributed by atoms with Crippen LogP contribution in [0.15, 0.2) is 18.2 Å². The van der Waals surface area contributed by atoms with E-state index < -0.39 is 0 Å². The van der Waals surface area contributed by atoms with Crippen LogP contribution < -0.4 is 5.46 Å². The van der Waals surface area contributed by atoms with E-state index in [2.05, 4.69) is 64.6 Å². The van der Waals surface area contributed by atoms with Crippen LogP contribution in [0, 0.1) is 13.8 Å². The second-order valence-corrected chi connectivity index (χ2v) is 5.36. The molecule has 1 nitrogen and oxygen atoms in total. The van der Waals surface area contributed by atoms with Gasteiger partial charge in [-0.2, -0.15) is 0 Å². The molecule has 0 amide bonds. The molecule has 0 unspecified atom stereocenters. The largest absolute Gasteiger partial charge is 0.337 e. The molecule has 0 saturated heterocycles. The lowest BCUT2D eigenvalue weighted by Crippen LogP contribution is -2.45. The standard InChI is InChI=1S/C14H24BN/c1-10(2)16(11(3)4)15-14-8-12(5)7-13(6)9-14/h7-11,15H,1-6H3. The van der Waals surface area contributed by atoms with Crippen molar-refractivity contribution in [2.45, 2.75) is 53.6 Å². The predicted octanol–water partition coefficient (Wildman–Crippen LogP) is 2.40. The molecule has 16 heavy (non-hydrogen) atoms. The van der Waals surface area contributed by atoms with Crippen molar-refractivity contribution >= 4 is 12.9 Å². The highest BCUT2D eigenvalue weighted by molar-refractivity contribution is 6.50. The minimum atomic E-state index is 0.598. The van der Waals surface area contributed by atoms with Crippen LogP contribution in [0.5, 0.6) is 0 Å². The minimum absolute atomic E-state index is 0.598. The van der Waals surface area contributed by atoms with Gasteiger partial charge in [-0.25, -0.2) is 0 Å². The van der Waals surface area contributed by atoms with Gasteiger partial charge in [0.2, 0.25) is 7.41 Å². The number of rotatable bonds is 4. The number of benzene rings is 1. The summed E-state index contributed by atoms with van der Waals surface area (Å²) < 4.78 is 0. The monoisotopic (exact) mass is 217 g/mol. The Morgan fingerprint density at radius 2 is 1.31 bits per heavy atom. The van der Waals surface area contributed by atoms with Crippen molar-refractivity contribution in [1.29, 1.82) is 0 Å². The van der Waals surface area contributed by atoms with E-state index in [4.69, 9.17) is 0 Å². The first-order valence-electron chi connectivity index (χ1n) is 6.23. The molecule has 0 heterocycles. The molecule has 0 bridgehead atoms. The molecule has 0 aliphatic carbocycles. The fourth-order valence-electron chi connectivity index (χ4n) is 2.33. The molecule has 1 aromatic carbocycles. The Morgan fingerprint density at radius 3 is 1.69 bits per heavy atom. The lowest BCUT2D eigenvalue weighted by molar-refractivity contribution is 0.315. The Labute approximate surface area is 101 Å². The summed E-state index contributed by atoms with van der Waals surface area (Å²) in [6.45, 7) is 13.4. The summed E-state index contributed by atoms with van der Waals surface area (Å²) in [6, 6.07) is 8.02. The second-order valence-electron chi connectivity index (χ2n) is 5.36. The van der Waals surface area contributed by atoms with E-state index in [9.17, 15) is 0 Å². The zero-order chi connectivity index (χ0) is 12.3. The first kappa shape index (κ1) is 13.3. The lowest BCUT2D eigenvalue weighted by atomic mass is 9.77. The number of nitrogens with zero attached hydrogens (tertiary/aromatic N) is 1. The molecule has 0 N–H and O–H groups in total. The zero-order valence-corrected chi connectivity index (χ0v) is 11.5. The topological polar surface area (TPSA) is 3.24 Å². The van der Waals surface area contributed by atoms with E-state index in [0.29, 0.717) is 12.1 Å². The van der Waals surface area contributed by atoms with Crippen molar-refractivity contribution in [1.82, 2.24) is 4.81 Å². The van der Waals surface area contributed by atoms with E-state index in [0.717, 1.165) is 7.41 Å². The number of aryl methyl sites for hydroxylation is 2. The van der Waals surface area contributed by atoms with E-state index in [1.165, 1.54) is 16.6 Å². The van der Waals surface area contributed by atoms with Crippen LogP contribution >= 0.6 is 0 Å². The number of hydrogen-bond donors (Lipinski definition) is 0. The van der Waals surface area contributed by atoms with Gasteiger partial charge in [0.05, 0.1) is 0 Å². The Hall–Kier alpha value is -0.755. The molecule has 0 fully saturated rings. The van der Waals surface area contributed by atoms with Gasteiger partial charge >= 0.3 is 0 Å². The Kier molecular flexibility index (Phi) is 4.61. The van der Waals surface area contributed by atoms with Gasteiger partial charge in [-0.3, -0.25) is 0 Å². The molecule has 2 heteroatoms. The van der Waals surface area contributed by atoms with Gasteiger partial charge in [0.15, 0.2) is 0 Å². The van der Waals surface area contributed by atoms with Crippen molar-refractivity contribution < 1.29 is 0 Å². The summed E-state index contributed by atoms with van der Waals surface area (Å²) in [6.07, 6.45) is 0. The summed E-state index contributed by atoms with van der Waals surface area (Å²) in [5.74, 6) is 0. The lowest BCUT2D eigenvalue weighted by Gasteiger charge is -2.30. The van der Waals surface area contributed by atoms with Crippen molar-refractivity contribution in [3.8, 4) is 0 Å². The van der Waals surface area contributed by atoms with E-state index >= 15 is 0 Å². The fraction of sp³-hybridized carbons (Fsp3) is 0.571. The highest BCUT2D eigenvalue weighted by atomic mass is 15.1. The van der Waals surface area contributed by atoms with Crippen molar-refractivity contribution in [2.24, 2.45) is 0 Å². The van der Waals surface area contributed by atoms with Crippen molar-refractivity contribution in [3.63, 3.8) is 0 Å². The molecule has 0 radical (unpaired) electrons. The molecule has 0 aliphatic heterocycles. The van der Waals surface area contributed by atoms with E-state index in [-0.39, 0.29) is 0 Å². The SMILES string of the molecule is Cc1cc(C)cc(BN(C(C)C)C(C)C)c1. The third-order valence-electron chi connectivity index (χ3n) is 2.97. The molecule has 0 aromatic heterocycles. The molecule has 0 atom stereocenters. The first-order chi connectivity index (χ1) is 7.40. The molecule has 88 valence electrons. The molecule has 0 saturated carbocycles. The number of hydrogen-bond acceptors (Lipinski definition) is 1. The molecule has 0 spiro atoms. The third kappa shape index (κ3) is 3.68. The maximum Gasteiger partial charge on any atom is 0.239 e. The molecule has 1 rings (SSSR count). The van der Waals surface area contributed by atoms with Gasteiger partial charge in [-0.1, -0.05) is 62.5 Å². The maximum absolute atomic E-state index is 2.52. The maximum atomic E-state index is 2.52. The van der Waals surface area contributed by atoms with Crippen LogP contribution in [0.25, 0.3) is 0 Å². The quantitative estimate of drug-likeness (QED) is 0.700. The molecular formula is C14H24BN. The van der Waals surface area contributed by atoms with Crippen LogP contribution in [-0.2, 0) is 0 Å². The Morgan fingerprint density at radius 1 is 0.875 bits per heavy atom. The van der Waals surface area contributed by atoms with Crippen molar-refractivity contribution in [3.05, 3.63) is 29.3 Å². The van der Waals surface area contributed by atoms with Crippen LogP contribution in [0.4, 0.5) is 0 Å². The van der Waals surface area contributed by atoms with Gasteiger partial charge in [0, 0.05) is 0 Å². The third-order valence-corrected chi connectivity index (χ3v) is 2.97. The van der Waals surface area contributed by atoms with Gasteiger partial charge in [0.25, 0.3) is 0 Å². The summed E-state index contributed by atoms with van der Waals surface area (Å²) in [7, 11) is 1.05. The van der Waals surface area contributed by atoms with Crippen LogP contribution in [-0.4, -0.2) is 24.3 Å². The summed E-state index contributed by atoms with van der Waals surface area (Å²) >= 11 is 0. The van der Waals surface area contributed by atoms with Crippen LogP contribution in [0.2, 0.25) is 0 Å². The molecular weight excluding hydrogens is 193 g/mol. The van der Waals surface area contributed by atoms with Crippen molar-refractivity contribution in [2.75, 3.05) is 0 Å². The Balaban J connectivity index is 2.85. The molecule has 1 aromatic rings. The Bertz CT molecular complexity index is 316. The average Bonchev–Trinajstić information content (AvgIpc) is 2.11. The first-order valence-corrected chi connectivity index (χ1v) is 6.23. The summed E-state index contributed by atoms with van der Waals surface area (Å²) in [5, 5.41) is 0. The van der Waals surface area contributed by atoms with E-state index in [1.54, 1.807) is 0 Å². The average molecular weight is 217 g/mol. The fourth-order valence-corrected chi connectivity index (χ4v) is 2.33. The second kappa shape index (κ2) is 5.54. The van der Waals surface area contributed by atoms with Gasteiger partial charge < -0.3 is 4.81 Å². The van der Waals surface area contributed by atoms with Gasteiger partial charge in [-0.05, 0) is 25.9 Å². The predicted molar refractivity (Wildman–Crippen MR) is 74.8 cm³/mol. The molecule has 0 aliphatic rings. The summed E-state index contributed by atoms with van der Waals surface area (Å²) in [5.41, 5.74) is 4.16. The van der Waals surface area contributed by atoms with Gasteiger partial charge in [-0.15, -0.1) is 0 Å². The summed E-state index contributed by atoms with van der Waals surface area (Å²) in [4.78, 5) is 2.52. The van der Waals surface area contributed by atoms with Crippen LogP contribution in [0.1, 0.15) is 38.8 Å². The highest BCUT2D eigenvalue weighted by Crippen LogP contribution is 2.05. The normalized spacial score (nSPS) is 11.6. The van der Waals surface area contributed by atoms with E-state index in [1.807, 2.05) is 0 Å². The minimum Gasteiger partial charge on any atom is -0.337 e. The highest BCUT2D eigenvalue weighted by Gasteiger charge is 2.15. The van der Waals surface area contributed by atoms with Gasteiger partial charge in [0.1, 0.15) is 0 Å². The zero-order valence-electron chi connectivity index (χ0n) is 11.5.